The molecule has 0 amide bonds. The van der Waals surface area contributed by atoms with Gasteiger partial charge in [-0.05, 0) is 31.2 Å². The van der Waals surface area contributed by atoms with Gasteiger partial charge in [0.05, 0.1) is 12.7 Å². The van der Waals surface area contributed by atoms with Crippen LogP contribution in [0.4, 0.5) is 0 Å². The third kappa shape index (κ3) is 4.10. The van der Waals surface area contributed by atoms with Crippen molar-refractivity contribution in [1.82, 2.24) is 0 Å². The number of rotatable bonds is 5. The number of halogens is 1. The molecule has 0 heterocycles. The monoisotopic (exact) mass is 310 g/mol. The van der Waals surface area contributed by atoms with Crippen LogP contribution in [0.3, 0.4) is 0 Å². The minimum Gasteiger partial charge on any atom is -0.372 e. The van der Waals surface area contributed by atoms with Gasteiger partial charge in [-0.15, -0.1) is 0 Å². The average molecular weight is 311 g/mol. The molecule has 0 radical (unpaired) electrons. The van der Waals surface area contributed by atoms with Gasteiger partial charge in [0.25, 0.3) is 0 Å². The van der Waals surface area contributed by atoms with Crippen molar-refractivity contribution >= 4 is 15.9 Å². The molecule has 1 aliphatic carbocycles. The molecule has 0 N–H and O–H groups in total. The maximum atomic E-state index is 6.11. The number of alkyl halides is 1. The Morgan fingerprint density at radius 2 is 1.83 bits per heavy atom. The molecular formula is C16H23BrO. The quantitative estimate of drug-likeness (QED) is 0.693. The molecule has 1 aromatic rings. The fourth-order valence-electron chi connectivity index (χ4n) is 2.62. The molecule has 1 saturated carbocycles. The van der Waals surface area contributed by atoms with Crippen molar-refractivity contribution in [1.29, 1.82) is 0 Å². The van der Waals surface area contributed by atoms with Gasteiger partial charge in [0.2, 0.25) is 0 Å². The summed E-state index contributed by atoms with van der Waals surface area (Å²) in [5.74, 6) is 0.783. The molecular weight excluding hydrogens is 288 g/mol. The molecule has 1 aromatic carbocycles. The Labute approximate surface area is 119 Å². The first-order valence-electron chi connectivity index (χ1n) is 7.03. The lowest BCUT2D eigenvalue weighted by Gasteiger charge is -2.24. The highest BCUT2D eigenvalue weighted by Gasteiger charge is 2.17. The van der Waals surface area contributed by atoms with E-state index in [9.17, 15) is 0 Å². The Morgan fingerprint density at radius 1 is 1.17 bits per heavy atom. The molecule has 1 atom stereocenters. The van der Waals surface area contributed by atoms with Crippen LogP contribution in [0.25, 0.3) is 0 Å². The lowest BCUT2D eigenvalue weighted by molar-refractivity contribution is 0.0336. The number of hydrogen-bond donors (Lipinski definition) is 0. The summed E-state index contributed by atoms with van der Waals surface area (Å²) in [5.41, 5.74) is 2.59. The lowest BCUT2D eigenvalue weighted by Crippen LogP contribution is -2.16. The third-order valence-electron chi connectivity index (χ3n) is 3.85. The minimum absolute atomic E-state index is 0.201. The summed E-state index contributed by atoms with van der Waals surface area (Å²) < 4.78 is 6.11. The Bertz CT molecular complexity index is 341. The smallest absolute Gasteiger partial charge is 0.0921 e. The summed E-state index contributed by atoms with van der Waals surface area (Å²) in [4.78, 5) is 0. The van der Waals surface area contributed by atoms with E-state index in [0.717, 1.165) is 17.9 Å². The topological polar surface area (TPSA) is 9.23 Å². The first-order chi connectivity index (χ1) is 8.79. The Kier molecular flexibility index (Phi) is 5.71. The van der Waals surface area contributed by atoms with Crippen LogP contribution in [0.15, 0.2) is 24.3 Å². The van der Waals surface area contributed by atoms with Crippen molar-refractivity contribution in [3.05, 3.63) is 35.4 Å². The molecule has 100 valence electrons. The summed E-state index contributed by atoms with van der Waals surface area (Å²) in [7, 11) is 0. The number of benzene rings is 1. The molecule has 1 fully saturated rings. The van der Waals surface area contributed by atoms with Crippen molar-refractivity contribution in [3.63, 3.8) is 0 Å². The SMILES string of the molecule is Cc1ccc(C(CBr)OCC2CCCCC2)cc1. The van der Waals surface area contributed by atoms with Gasteiger partial charge in [0.15, 0.2) is 0 Å². The molecule has 0 saturated heterocycles. The van der Waals surface area contributed by atoms with Gasteiger partial charge in [-0.1, -0.05) is 65.0 Å². The van der Waals surface area contributed by atoms with E-state index in [4.69, 9.17) is 4.74 Å². The van der Waals surface area contributed by atoms with Gasteiger partial charge in [-0.2, -0.15) is 0 Å². The zero-order valence-corrected chi connectivity index (χ0v) is 12.8. The summed E-state index contributed by atoms with van der Waals surface area (Å²) in [6.45, 7) is 3.04. The first-order valence-corrected chi connectivity index (χ1v) is 8.16. The van der Waals surface area contributed by atoms with Crippen LogP contribution in [0.2, 0.25) is 0 Å². The average Bonchev–Trinajstić information content (AvgIpc) is 2.42. The second kappa shape index (κ2) is 7.30. The normalized spacial score (nSPS) is 18.8. The fourth-order valence-corrected chi connectivity index (χ4v) is 3.18. The standard InChI is InChI=1S/C16H23BrO/c1-13-7-9-15(10-8-13)16(11-17)18-12-14-5-3-2-4-6-14/h7-10,14,16H,2-6,11-12H2,1H3. The van der Waals surface area contributed by atoms with Crippen LogP contribution in [-0.4, -0.2) is 11.9 Å². The molecule has 1 aliphatic rings. The van der Waals surface area contributed by atoms with E-state index < -0.39 is 0 Å². The largest absolute Gasteiger partial charge is 0.372 e. The molecule has 18 heavy (non-hydrogen) atoms. The summed E-state index contributed by atoms with van der Waals surface area (Å²) in [6, 6.07) is 8.69. The maximum Gasteiger partial charge on any atom is 0.0921 e. The fraction of sp³-hybridized carbons (Fsp3) is 0.625. The second-order valence-electron chi connectivity index (χ2n) is 5.39. The first kappa shape index (κ1) is 14.1. The van der Waals surface area contributed by atoms with Crippen LogP contribution in [0, 0.1) is 12.8 Å². The van der Waals surface area contributed by atoms with Gasteiger partial charge < -0.3 is 4.74 Å². The van der Waals surface area contributed by atoms with Crippen LogP contribution in [-0.2, 0) is 4.74 Å². The molecule has 1 unspecified atom stereocenters. The van der Waals surface area contributed by atoms with E-state index in [2.05, 4.69) is 47.1 Å². The van der Waals surface area contributed by atoms with Crippen LogP contribution in [0.1, 0.15) is 49.3 Å². The van der Waals surface area contributed by atoms with E-state index in [1.807, 2.05) is 0 Å². The number of aryl methyl sites for hydroxylation is 1. The predicted octanol–water partition coefficient (Wildman–Crippen LogP) is 5.03. The second-order valence-corrected chi connectivity index (χ2v) is 6.04. The van der Waals surface area contributed by atoms with Crippen molar-refractivity contribution < 1.29 is 4.74 Å². The van der Waals surface area contributed by atoms with Gasteiger partial charge >= 0.3 is 0 Å². The molecule has 2 rings (SSSR count). The minimum atomic E-state index is 0.201. The maximum absolute atomic E-state index is 6.11. The van der Waals surface area contributed by atoms with Crippen molar-refractivity contribution in [2.24, 2.45) is 5.92 Å². The molecule has 0 spiro atoms. The van der Waals surface area contributed by atoms with Crippen molar-refractivity contribution in [2.45, 2.75) is 45.1 Å². The van der Waals surface area contributed by atoms with E-state index >= 15 is 0 Å². The van der Waals surface area contributed by atoms with Crippen molar-refractivity contribution in [3.8, 4) is 0 Å². The number of ether oxygens (including phenoxy) is 1. The highest BCUT2D eigenvalue weighted by Crippen LogP contribution is 2.27. The molecule has 1 nitrogen and oxygen atoms in total. The molecule has 0 aromatic heterocycles. The Balaban J connectivity index is 1.86. The molecule has 2 heteroatoms. The molecule has 0 bridgehead atoms. The highest BCUT2D eigenvalue weighted by molar-refractivity contribution is 9.09. The van der Waals surface area contributed by atoms with Crippen LogP contribution < -0.4 is 0 Å². The highest BCUT2D eigenvalue weighted by atomic mass is 79.9. The molecule has 0 aliphatic heterocycles. The van der Waals surface area contributed by atoms with Crippen molar-refractivity contribution in [2.75, 3.05) is 11.9 Å². The van der Waals surface area contributed by atoms with Gasteiger partial charge in [-0.25, -0.2) is 0 Å². The zero-order valence-electron chi connectivity index (χ0n) is 11.2. The summed E-state index contributed by atoms with van der Waals surface area (Å²) >= 11 is 3.57. The van der Waals surface area contributed by atoms with Gasteiger partial charge in [0, 0.05) is 5.33 Å². The number of hydrogen-bond acceptors (Lipinski definition) is 1. The third-order valence-corrected chi connectivity index (χ3v) is 4.44. The predicted molar refractivity (Wildman–Crippen MR) is 80.2 cm³/mol. The zero-order chi connectivity index (χ0) is 12.8. The van der Waals surface area contributed by atoms with E-state index in [0.29, 0.717) is 0 Å². The van der Waals surface area contributed by atoms with E-state index in [-0.39, 0.29) is 6.10 Å². The summed E-state index contributed by atoms with van der Waals surface area (Å²) in [6.07, 6.45) is 7.09. The van der Waals surface area contributed by atoms with Gasteiger partial charge in [0.1, 0.15) is 0 Å². The Hall–Kier alpha value is -0.340. The summed E-state index contributed by atoms with van der Waals surface area (Å²) in [5, 5.41) is 0.878. The Morgan fingerprint density at radius 3 is 2.44 bits per heavy atom. The lowest BCUT2D eigenvalue weighted by atomic mass is 9.90. The van der Waals surface area contributed by atoms with E-state index in [1.165, 1.54) is 43.2 Å². The van der Waals surface area contributed by atoms with E-state index in [1.54, 1.807) is 0 Å². The van der Waals surface area contributed by atoms with Crippen LogP contribution >= 0.6 is 15.9 Å². The van der Waals surface area contributed by atoms with Crippen LogP contribution in [0.5, 0.6) is 0 Å². The van der Waals surface area contributed by atoms with Gasteiger partial charge in [-0.3, -0.25) is 0 Å².